The van der Waals surface area contributed by atoms with Gasteiger partial charge >= 0.3 is 0 Å². The maximum Gasteiger partial charge on any atom is 0.0995 e. The minimum absolute atomic E-state index is 0.243. The molecule has 0 amide bonds. The van der Waals surface area contributed by atoms with Gasteiger partial charge in [-0.05, 0) is 31.2 Å². The quantitative estimate of drug-likeness (QED) is 0.758. The lowest BCUT2D eigenvalue weighted by atomic mass is 9.83. The fraction of sp³-hybridized carbons (Fsp3) is 0.462. The number of benzene rings is 1. The van der Waals surface area contributed by atoms with Gasteiger partial charge in [-0.15, -0.1) is 0 Å². The summed E-state index contributed by atoms with van der Waals surface area (Å²) in [5.74, 6) is 0.243. The van der Waals surface area contributed by atoms with Crippen molar-refractivity contribution in [2.45, 2.75) is 31.8 Å². The summed E-state index contributed by atoms with van der Waals surface area (Å²) in [5, 5.41) is 19.6. The molecule has 0 saturated heterocycles. The highest BCUT2D eigenvalue weighted by molar-refractivity contribution is 5.41. The summed E-state index contributed by atoms with van der Waals surface area (Å²) in [4.78, 5) is 0. The van der Waals surface area contributed by atoms with Crippen LogP contribution in [0.2, 0.25) is 0 Å². The van der Waals surface area contributed by atoms with Gasteiger partial charge in [0.15, 0.2) is 0 Å². The fourth-order valence-electron chi connectivity index (χ4n) is 2.52. The van der Waals surface area contributed by atoms with E-state index in [0.29, 0.717) is 5.56 Å². The summed E-state index contributed by atoms with van der Waals surface area (Å²) >= 11 is 0. The second-order valence-corrected chi connectivity index (χ2v) is 4.37. The van der Waals surface area contributed by atoms with Gasteiger partial charge in [-0.25, -0.2) is 0 Å². The topological polar surface area (TPSA) is 44.0 Å². The van der Waals surface area contributed by atoms with Gasteiger partial charge in [-0.2, -0.15) is 5.26 Å². The molecule has 0 unspecified atom stereocenters. The number of hydrogen-bond acceptors (Lipinski definition) is 2. The Hall–Kier alpha value is -1.33. The van der Waals surface area contributed by atoms with Crippen LogP contribution in [0.25, 0.3) is 0 Å². The van der Waals surface area contributed by atoms with E-state index in [4.69, 9.17) is 5.26 Å². The summed E-state index contributed by atoms with van der Waals surface area (Å²) in [6.45, 7) is 2.06. The van der Waals surface area contributed by atoms with Crippen LogP contribution in [-0.4, -0.2) is 5.11 Å². The summed E-state index contributed by atoms with van der Waals surface area (Å²) in [7, 11) is 0. The van der Waals surface area contributed by atoms with Crippen LogP contribution in [0.15, 0.2) is 24.3 Å². The molecule has 78 valence electrons. The molecule has 0 radical (unpaired) electrons. The van der Waals surface area contributed by atoms with Gasteiger partial charge in [0.1, 0.15) is 0 Å². The molecule has 1 saturated carbocycles. The van der Waals surface area contributed by atoms with Crippen molar-refractivity contribution in [1.82, 2.24) is 0 Å². The summed E-state index contributed by atoms with van der Waals surface area (Å²) in [6.07, 6.45) is 2.85. The smallest absolute Gasteiger partial charge is 0.0995 e. The lowest BCUT2D eigenvalue weighted by molar-refractivity contribution is 0.00424. The average Bonchev–Trinajstić information content (AvgIpc) is 2.60. The van der Waals surface area contributed by atoms with Crippen molar-refractivity contribution in [3.05, 3.63) is 35.4 Å². The predicted octanol–water partition coefficient (Wildman–Crippen LogP) is 2.57. The molecule has 15 heavy (non-hydrogen) atoms. The number of aliphatic hydroxyl groups is 1. The van der Waals surface area contributed by atoms with Gasteiger partial charge in [0, 0.05) is 5.56 Å². The molecular formula is C13H15NO. The third-order valence-corrected chi connectivity index (χ3v) is 3.52. The maximum absolute atomic E-state index is 10.6. The lowest BCUT2D eigenvalue weighted by Crippen LogP contribution is -2.29. The van der Waals surface area contributed by atoms with E-state index in [-0.39, 0.29) is 5.92 Å². The molecule has 1 aliphatic carbocycles. The number of rotatable bonds is 1. The molecule has 0 spiro atoms. The van der Waals surface area contributed by atoms with E-state index in [0.717, 1.165) is 24.8 Å². The van der Waals surface area contributed by atoms with Crippen LogP contribution >= 0.6 is 0 Å². The van der Waals surface area contributed by atoms with Crippen LogP contribution in [0, 0.1) is 17.2 Å². The summed E-state index contributed by atoms with van der Waals surface area (Å²) < 4.78 is 0. The van der Waals surface area contributed by atoms with Crippen molar-refractivity contribution in [1.29, 1.82) is 5.26 Å². The van der Waals surface area contributed by atoms with E-state index in [9.17, 15) is 5.11 Å². The van der Waals surface area contributed by atoms with Crippen molar-refractivity contribution in [2.24, 2.45) is 5.92 Å². The van der Waals surface area contributed by atoms with Crippen molar-refractivity contribution in [3.63, 3.8) is 0 Å². The number of nitrogens with zero attached hydrogens (tertiary/aromatic N) is 1. The zero-order valence-corrected chi connectivity index (χ0v) is 8.90. The average molecular weight is 201 g/mol. The normalized spacial score (nSPS) is 30.1. The Morgan fingerprint density at radius 3 is 2.80 bits per heavy atom. The van der Waals surface area contributed by atoms with E-state index in [2.05, 4.69) is 13.0 Å². The first kappa shape index (κ1) is 10.2. The standard InChI is InChI=1S/C13H15NO/c1-10-5-4-8-13(10,15)12-7-3-2-6-11(12)9-14/h2-3,6-7,10,15H,4-5,8H2,1H3/t10-,13+/m0/s1. The van der Waals surface area contributed by atoms with E-state index in [1.165, 1.54) is 0 Å². The Morgan fingerprint density at radius 1 is 1.47 bits per heavy atom. The van der Waals surface area contributed by atoms with Crippen LogP contribution in [0.3, 0.4) is 0 Å². The molecule has 1 fully saturated rings. The molecule has 2 rings (SSSR count). The number of nitriles is 1. The van der Waals surface area contributed by atoms with Gasteiger partial charge in [0.05, 0.1) is 17.2 Å². The third kappa shape index (κ3) is 1.53. The number of hydrogen-bond donors (Lipinski definition) is 1. The van der Waals surface area contributed by atoms with E-state index in [1.807, 2.05) is 18.2 Å². The molecule has 2 heteroatoms. The monoisotopic (exact) mass is 201 g/mol. The molecular weight excluding hydrogens is 186 g/mol. The SMILES string of the molecule is C[C@H]1CCC[C@]1(O)c1ccccc1C#N. The Kier molecular flexibility index (Phi) is 2.50. The molecule has 2 atom stereocenters. The largest absolute Gasteiger partial charge is 0.385 e. The summed E-state index contributed by atoms with van der Waals surface area (Å²) in [6, 6.07) is 9.54. The van der Waals surface area contributed by atoms with Crippen LogP contribution in [0.5, 0.6) is 0 Å². The zero-order valence-electron chi connectivity index (χ0n) is 8.90. The first-order valence-corrected chi connectivity index (χ1v) is 5.40. The molecule has 0 heterocycles. The van der Waals surface area contributed by atoms with Crippen molar-refractivity contribution < 1.29 is 5.11 Å². The first-order valence-electron chi connectivity index (χ1n) is 5.40. The lowest BCUT2D eigenvalue weighted by Gasteiger charge is -2.29. The third-order valence-electron chi connectivity index (χ3n) is 3.52. The highest BCUT2D eigenvalue weighted by Crippen LogP contribution is 2.44. The highest BCUT2D eigenvalue weighted by atomic mass is 16.3. The molecule has 0 aliphatic heterocycles. The second-order valence-electron chi connectivity index (χ2n) is 4.37. The van der Waals surface area contributed by atoms with Gasteiger partial charge in [0.25, 0.3) is 0 Å². The molecule has 1 aromatic carbocycles. The van der Waals surface area contributed by atoms with E-state index < -0.39 is 5.60 Å². The van der Waals surface area contributed by atoms with Crippen molar-refractivity contribution >= 4 is 0 Å². The van der Waals surface area contributed by atoms with E-state index >= 15 is 0 Å². The van der Waals surface area contributed by atoms with Gasteiger partial charge in [-0.3, -0.25) is 0 Å². The maximum atomic E-state index is 10.6. The summed E-state index contributed by atoms with van der Waals surface area (Å²) in [5.41, 5.74) is 0.623. The second kappa shape index (κ2) is 3.67. The molecule has 2 nitrogen and oxygen atoms in total. The van der Waals surface area contributed by atoms with Gasteiger partial charge < -0.3 is 5.11 Å². The highest BCUT2D eigenvalue weighted by Gasteiger charge is 2.40. The van der Waals surface area contributed by atoms with Crippen LogP contribution in [0.4, 0.5) is 0 Å². The Bertz CT molecular complexity index is 407. The van der Waals surface area contributed by atoms with Gasteiger partial charge in [0.2, 0.25) is 0 Å². The predicted molar refractivity (Wildman–Crippen MR) is 58.1 cm³/mol. The first-order chi connectivity index (χ1) is 7.18. The molecule has 1 aromatic rings. The Labute approximate surface area is 90.2 Å². The molecule has 0 aromatic heterocycles. The molecule has 1 N–H and O–H groups in total. The van der Waals surface area contributed by atoms with Crippen LogP contribution in [0.1, 0.15) is 37.3 Å². The minimum Gasteiger partial charge on any atom is -0.385 e. The van der Waals surface area contributed by atoms with Crippen molar-refractivity contribution in [3.8, 4) is 6.07 Å². The molecule has 1 aliphatic rings. The molecule has 0 bridgehead atoms. The van der Waals surface area contributed by atoms with Crippen LogP contribution in [-0.2, 0) is 5.60 Å². The zero-order chi connectivity index (χ0) is 10.9. The minimum atomic E-state index is -0.785. The van der Waals surface area contributed by atoms with Crippen LogP contribution < -0.4 is 0 Å². The van der Waals surface area contributed by atoms with E-state index in [1.54, 1.807) is 6.07 Å². The van der Waals surface area contributed by atoms with Gasteiger partial charge in [-0.1, -0.05) is 25.1 Å². The Balaban J connectivity index is 2.49. The fourth-order valence-corrected chi connectivity index (χ4v) is 2.52. The Morgan fingerprint density at radius 2 is 2.20 bits per heavy atom. The van der Waals surface area contributed by atoms with Crippen molar-refractivity contribution in [2.75, 3.05) is 0 Å².